The minimum atomic E-state index is -0.654. The molecule has 1 aliphatic heterocycles. The maximum atomic E-state index is 12.2. The van der Waals surface area contributed by atoms with E-state index in [0.29, 0.717) is 19.0 Å². The molecule has 124 valence electrons. The Morgan fingerprint density at radius 2 is 1.86 bits per heavy atom. The molecule has 0 aromatic heterocycles. The standard InChI is InChI=1S/C16H32N2O2S/c1-15(2,3)10-14(19)18-8-6-13(7-9-18)17-11-16(4,20)12-21-5/h13,17,20H,6-12H2,1-5H3. The van der Waals surface area contributed by atoms with Gasteiger partial charge in [0.1, 0.15) is 0 Å². The average Bonchev–Trinajstić information content (AvgIpc) is 2.35. The lowest BCUT2D eigenvalue weighted by Gasteiger charge is -2.35. The summed E-state index contributed by atoms with van der Waals surface area (Å²) in [5, 5.41) is 13.6. The van der Waals surface area contributed by atoms with E-state index in [1.165, 1.54) is 0 Å². The van der Waals surface area contributed by atoms with Crippen LogP contribution in [0, 0.1) is 5.41 Å². The first-order chi connectivity index (χ1) is 9.63. The second kappa shape index (κ2) is 7.84. The Morgan fingerprint density at radius 1 is 1.29 bits per heavy atom. The normalized spacial score (nSPS) is 20.4. The van der Waals surface area contributed by atoms with Gasteiger partial charge in [0.05, 0.1) is 5.60 Å². The molecular weight excluding hydrogens is 284 g/mol. The molecule has 4 nitrogen and oxygen atoms in total. The lowest BCUT2D eigenvalue weighted by atomic mass is 9.91. The lowest BCUT2D eigenvalue weighted by molar-refractivity contribution is -0.134. The second-order valence-corrected chi connectivity index (χ2v) is 8.57. The minimum absolute atomic E-state index is 0.0582. The molecule has 1 heterocycles. The molecule has 0 radical (unpaired) electrons. The van der Waals surface area contributed by atoms with Crippen molar-refractivity contribution in [2.24, 2.45) is 5.41 Å². The molecular formula is C16H32N2O2S. The molecule has 1 atom stereocenters. The highest BCUT2D eigenvalue weighted by Gasteiger charge is 2.27. The van der Waals surface area contributed by atoms with Crippen LogP contribution in [0.25, 0.3) is 0 Å². The summed E-state index contributed by atoms with van der Waals surface area (Å²) in [6.07, 6.45) is 4.58. The Bertz CT molecular complexity index is 332. The number of thioether (sulfide) groups is 1. The molecule has 21 heavy (non-hydrogen) atoms. The van der Waals surface area contributed by atoms with Crippen molar-refractivity contribution in [2.45, 2.75) is 58.6 Å². The van der Waals surface area contributed by atoms with E-state index in [9.17, 15) is 9.90 Å². The Kier molecular flexibility index (Phi) is 7.01. The predicted molar refractivity (Wildman–Crippen MR) is 90.7 cm³/mol. The highest BCUT2D eigenvalue weighted by molar-refractivity contribution is 7.98. The Balaban J connectivity index is 2.31. The maximum absolute atomic E-state index is 12.2. The van der Waals surface area contributed by atoms with Crippen molar-refractivity contribution in [1.82, 2.24) is 10.2 Å². The Labute approximate surface area is 134 Å². The van der Waals surface area contributed by atoms with Gasteiger partial charge >= 0.3 is 0 Å². The molecule has 1 aliphatic rings. The smallest absolute Gasteiger partial charge is 0.223 e. The first-order valence-electron chi connectivity index (χ1n) is 7.85. The summed E-state index contributed by atoms with van der Waals surface area (Å²) in [6, 6.07) is 0.414. The summed E-state index contributed by atoms with van der Waals surface area (Å²) in [6.45, 7) is 10.5. The number of nitrogens with one attached hydrogen (secondary N) is 1. The Morgan fingerprint density at radius 3 is 2.33 bits per heavy atom. The van der Waals surface area contributed by atoms with Crippen LogP contribution in [-0.4, -0.2) is 59.2 Å². The van der Waals surface area contributed by atoms with Crippen molar-refractivity contribution >= 4 is 17.7 Å². The van der Waals surface area contributed by atoms with Crippen LogP contribution in [-0.2, 0) is 4.79 Å². The van der Waals surface area contributed by atoms with Crippen LogP contribution >= 0.6 is 11.8 Å². The summed E-state index contributed by atoms with van der Waals surface area (Å²) >= 11 is 1.66. The molecule has 5 heteroatoms. The number of carbonyl (C=O) groups excluding carboxylic acids is 1. The molecule has 1 saturated heterocycles. The number of rotatable bonds is 6. The monoisotopic (exact) mass is 316 g/mol. The Hall–Kier alpha value is -0.260. The van der Waals surface area contributed by atoms with Gasteiger partial charge in [0, 0.05) is 37.8 Å². The van der Waals surface area contributed by atoms with E-state index in [-0.39, 0.29) is 11.3 Å². The van der Waals surface area contributed by atoms with E-state index in [1.54, 1.807) is 11.8 Å². The van der Waals surface area contributed by atoms with E-state index >= 15 is 0 Å². The van der Waals surface area contributed by atoms with E-state index in [2.05, 4.69) is 26.1 Å². The third kappa shape index (κ3) is 7.52. The first kappa shape index (κ1) is 18.8. The SMILES string of the molecule is CSCC(C)(O)CNC1CCN(C(=O)CC(C)(C)C)CC1. The number of hydrogen-bond donors (Lipinski definition) is 2. The first-order valence-corrected chi connectivity index (χ1v) is 9.25. The van der Waals surface area contributed by atoms with E-state index < -0.39 is 5.60 Å². The third-order valence-corrected chi connectivity index (χ3v) is 4.67. The van der Waals surface area contributed by atoms with Crippen molar-refractivity contribution < 1.29 is 9.90 Å². The molecule has 0 saturated carbocycles. The fraction of sp³-hybridized carbons (Fsp3) is 0.938. The average molecular weight is 317 g/mol. The van der Waals surface area contributed by atoms with Crippen LogP contribution in [0.2, 0.25) is 0 Å². The summed E-state index contributed by atoms with van der Waals surface area (Å²) in [7, 11) is 0. The van der Waals surface area contributed by atoms with E-state index in [1.807, 2.05) is 18.1 Å². The van der Waals surface area contributed by atoms with Crippen LogP contribution in [0.15, 0.2) is 0 Å². The van der Waals surface area contributed by atoms with Gasteiger partial charge in [-0.05, 0) is 31.4 Å². The van der Waals surface area contributed by atoms with E-state index in [0.717, 1.165) is 31.7 Å². The quantitative estimate of drug-likeness (QED) is 0.788. The second-order valence-electron chi connectivity index (χ2n) is 7.70. The molecule has 0 bridgehead atoms. The van der Waals surface area contributed by atoms with Gasteiger partial charge in [0.25, 0.3) is 0 Å². The molecule has 0 spiro atoms. The van der Waals surface area contributed by atoms with Crippen LogP contribution < -0.4 is 5.32 Å². The zero-order valence-electron chi connectivity index (χ0n) is 14.2. The van der Waals surface area contributed by atoms with Gasteiger partial charge in [-0.3, -0.25) is 4.79 Å². The number of nitrogens with zero attached hydrogens (tertiary/aromatic N) is 1. The predicted octanol–water partition coefficient (Wildman–Crippen LogP) is 2.12. The molecule has 1 rings (SSSR count). The molecule has 1 fully saturated rings. The van der Waals surface area contributed by atoms with Gasteiger partial charge in [0.15, 0.2) is 0 Å². The van der Waals surface area contributed by atoms with Gasteiger partial charge in [-0.1, -0.05) is 20.8 Å². The highest BCUT2D eigenvalue weighted by Crippen LogP contribution is 2.21. The van der Waals surface area contributed by atoms with E-state index in [4.69, 9.17) is 0 Å². The lowest BCUT2D eigenvalue weighted by Crippen LogP contribution is -2.49. The number of piperidine rings is 1. The summed E-state index contributed by atoms with van der Waals surface area (Å²) in [5.74, 6) is 1.01. The van der Waals surface area contributed by atoms with Gasteiger partial charge in [-0.15, -0.1) is 0 Å². The fourth-order valence-electron chi connectivity index (χ4n) is 2.62. The van der Waals surface area contributed by atoms with Crippen molar-refractivity contribution in [3.8, 4) is 0 Å². The minimum Gasteiger partial charge on any atom is -0.388 e. The third-order valence-electron chi connectivity index (χ3n) is 3.76. The topological polar surface area (TPSA) is 52.6 Å². The summed E-state index contributed by atoms with van der Waals surface area (Å²) < 4.78 is 0. The van der Waals surface area contributed by atoms with Crippen LogP contribution in [0.1, 0.15) is 47.0 Å². The summed E-state index contributed by atoms with van der Waals surface area (Å²) in [4.78, 5) is 14.2. The molecule has 1 amide bonds. The maximum Gasteiger partial charge on any atom is 0.223 e. The number of aliphatic hydroxyl groups is 1. The van der Waals surface area contributed by atoms with Crippen molar-refractivity contribution in [3.63, 3.8) is 0 Å². The number of carbonyl (C=O) groups is 1. The van der Waals surface area contributed by atoms with Gasteiger partial charge in [0.2, 0.25) is 5.91 Å². The zero-order valence-corrected chi connectivity index (χ0v) is 15.1. The molecule has 0 aromatic carbocycles. The molecule has 1 unspecified atom stereocenters. The largest absolute Gasteiger partial charge is 0.388 e. The van der Waals surface area contributed by atoms with Crippen LogP contribution in [0.3, 0.4) is 0 Å². The fourth-order valence-corrected chi connectivity index (χ4v) is 3.35. The van der Waals surface area contributed by atoms with Crippen LogP contribution in [0.4, 0.5) is 0 Å². The molecule has 0 aliphatic carbocycles. The number of likely N-dealkylation sites (tertiary alicyclic amines) is 1. The van der Waals surface area contributed by atoms with Crippen molar-refractivity contribution in [1.29, 1.82) is 0 Å². The van der Waals surface area contributed by atoms with Crippen LogP contribution in [0.5, 0.6) is 0 Å². The van der Waals surface area contributed by atoms with Gasteiger partial charge in [-0.2, -0.15) is 11.8 Å². The van der Waals surface area contributed by atoms with Gasteiger partial charge in [-0.25, -0.2) is 0 Å². The van der Waals surface area contributed by atoms with Crippen molar-refractivity contribution in [2.75, 3.05) is 31.6 Å². The molecule has 0 aromatic rings. The zero-order chi connectivity index (χ0) is 16.1. The highest BCUT2D eigenvalue weighted by atomic mass is 32.2. The van der Waals surface area contributed by atoms with Crippen molar-refractivity contribution in [3.05, 3.63) is 0 Å². The summed E-state index contributed by atoms with van der Waals surface area (Å²) in [5.41, 5.74) is -0.596. The number of hydrogen-bond acceptors (Lipinski definition) is 4. The number of amides is 1. The molecule has 2 N–H and O–H groups in total. The van der Waals surface area contributed by atoms with Gasteiger partial charge < -0.3 is 15.3 Å².